The first-order valence-corrected chi connectivity index (χ1v) is 11.1. The van der Waals surface area contributed by atoms with Crippen LogP contribution >= 0.6 is 0 Å². The first kappa shape index (κ1) is 22.0. The van der Waals surface area contributed by atoms with Crippen molar-refractivity contribution < 1.29 is 28.0 Å². The summed E-state index contributed by atoms with van der Waals surface area (Å²) >= 11 is 0. The molecule has 5 rings (SSSR count). The lowest BCUT2D eigenvalue weighted by atomic mass is 10.0. The highest BCUT2D eigenvalue weighted by Crippen LogP contribution is 2.35. The van der Waals surface area contributed by atoms with E-state index in [1.54, 1.807) is 11.0 Å². The smallest absolute Gasteiger partial charge is 0.256 e. The number of hydrogen-bond donors (Lipinski definition) is 1. The number of halogens is 2. The van der Waals surface area contributed by atoms with Crippen LogP contribution < -0.4 is 10.2 Å². The van der Waals surface area contributed by atoms with Crippen molar-refractivity contribution in [2.24, 2.45) is 0 Å². The standard InChI is InChI=1S/C24H22F2N4O4/c25-14-11-16-17(13-30(24(16)34)19-5-6-21(31)27-22(19)32)20(12-14)28-7-9-29(10-8-28)23(33)15-3-1-2-4-18(15)26/h1-4,11-12,19H,5-10,13H2,(H,27,31,32). The number of carbonyl (C=O) groups is 4. The Bertz CT molecular complexity index is 1210. The summed E-state index contributed by atoms with van der Waals surface area (Å²) in [6.45, 7) is 1.50. The van der Waals surface area contributed by atoms with E-state index in [2.05, 4.69) is 5.32 Å². The van der Waals surface area contributed by atoms with E-state index >= 15 is 0 Å². The Hall–Kier alpha value is -3.82. The fourth-order valence-corrected chi connectivity index (χ4v) is 4.85. The van der Waals surface area contributed by atoms with Gasteiger partial charge in [-0.15, -0.1) is 0 Å². The van der Waals surface area contributed by atoms with Gasteiger partial charge in [0.15, 0.2) is 0 Å². The quantitative estimate of drug-likeness (QED) is 0.693. The van der Waals surface area contributed by atoms with Crippen molar-refractivity contribution in [3.8, 4) is 0 Å². The van der Waals surface area contributed by atoms with Crippen molar-refractivity contribution in [3.63, 3.8) is 0 Å². The summed E-state index contributed by atoms with van der Waals surface area (Å²) in [5.74, 6) is -2.90. The minimum Gasteiger partial charge on any atom is -0.368 e. The maximum absolute atomic E-state index is 14.5. The third kappa shape index (κ3) is 3.78. The largest absolute Gasteiger partial charge is 0.368 e. The highest BCUT2D eigenvalue weighted by Gasteiger charge is 2.41. The number of carbonyl (C=O) groups excluding carboxylic acids is 4. The summed E-state index contributed by atoms with van der Waals surface area (Å²) in [4.78, 5) is 54.4. The van der Waals surface area contributed by atoms with E-state index in [1.165, 1.54) is 35.2 Å². The van der Waals surface area contributed by atoms with Crippen LogP contribution in [-0.4, -0.2) is 65.6 Å². The van der Waals surface area contributed by atoms with Crippen LogP contribution in [0.3, 0.4) is 0 Å². The molecule has 10 heteroatoms. The van der Waals surface area contributed by atoms with Crippen molar-refractivity contribution in [1.82, 2.24) is 15.1 Å². The van der Waals surface area contributed by atoms with Crippen LogP contribution in [0.5, 0.6) is 0 Å². The fourth-order valence-electron chi connectivity index (χ4n) is 4.85. The minimum absolute atomic E-state index is 0.00748. The number of piperazine rings is 1. The zero-order chi connectivity index (χ0) is 24.0. The summed E-state index contributed by atoms with van der Waals surface area (Å²) < 4.78 is 28.5. The normalized spacial score (nSPS) is 20.5. The lowest BCUT2D eigenvalue weighted by Crippen LogP contribution is -2.52. The Labute approximate surface area is 194 Å². The zero-order valence-corrected chi connectivity index (χ0v) is 18.2. The molecule has 1 N–H and O–H groups in total. The van der Waals surface area contributed by atoms with Gasteiger partial charge in [0.25, 0.3) is 11.8 Å². The molecule has 0 aromatic heterocycles. The summed E-state index contributed by atoms with van der Waals surface area (Å²) in [6.07, 6.45) is 0.356. The van der Waals surface area contributed by atoms with E-state index in [9.17, 15) is 28.0 Å². The average molecular weight is 468 g/mol. The monoisotopic (exact) mass is 468 g/mol. The third-order valence-corrected chi connectivity index (χ3v) is 6.61. The molecule has 0 radical (unpaired) electrons. The zero-order valence-electron chi connectivity index (χ0n) is 18.2. The Morgan fingerprint density at radius 1 is 1.00 bits per heavy atom. The number of rotatable bonds is 3. The molecule has 1 atom stereocenters. The molecule has 0 bridgehead atoms. The molecule has 34 heavy (non-hydrogen) atoms. The van der Waals surface area contributed by atoms with Gasteiger partial charge < -0.3 is 14.7 Å². The second kappa shape index (κ2) is 8.51. The van der Waals surface area contributed by atoms with Crippen LogP contribution in [0.4, 0.5) is 14.5 Å². The maximum atomic E-state index is 14.5. The number of piperidine rings is 1. The molecule has 2 fully saturated rings. The summed E-state index contributed by atoms with van der Waals surface area (Å²) in [5, 5.41) is 2.26. The van der Waals surface area contributed by atoms with Crippen molar-refractivity contribution in [1.29, 1.82) is 0 Å². The van der Waals surface area contributed by atoms with Crippen molar-refractivity contribution in [2.75, 3.05) is 31.1 Å². The Morgan fingerprint density at radius 3 is 2.44 bits per heavy atom. The number of benzene rings is 2. The van der Waals surface area contributed by atoms with E-state index in [0.29, 0.717) is 37.4 Å². The van der Waals surface area contributed by atoms with E-state index in [4.69, 9.17) is 0 Å². The lowest BCUT2D eigenvalue weighted by molar-refractivity contribution is -0.136. The third-order valence-electron chi connectivity index (χ3n) is 6.61. The molecular weight excluding hydrogens is 446 g/mol. The van der Waals surface area contributed by atoms with Crippen LogP contribution in [-0.2, 0) is 16.1 Å². The van der Waals surface area contributed by atoms with E-state index in [-0.39, 0.29) is 36.4 Å². The molecule has 0 aliphatic carbocycles. The molecule has 3 aliphatic heterocycles. The molecule has 176 valence electrons. The van der Waals surface area contributed by atoms with Crippen LogP contribution in [0.1, 0.15) is 39.1 Å². The molecule has 3 aliphatic rings. The van der Waals surface area contributed by atoms with Crippen LogP contribution in [0, 0.1) is 11.6 Å². The fraction of sp³-hybridized carbons (Fsp3) is 0.333. The predicted molar refractivity (Wildman–Crippen MR) is 117 cm³/mol. The first-order valence-electron chi connectivity index (χ1n) is 11.1. The number of anilines is 1. The second-order valence-corrected chi connectivity index (χ2v) is 8.61. The molecule has 0 spiro atoms. The highest BCUT2D eigenvalue weighted by atomic mass is 19.1. The van der Waals surface area contributed by atoms with Crippen LogP contribution in [0.15, 0.2) is 36.4 Å². The molecule has 2 aromatic rings. The minimum atomic E-state index is -0.788. The van der Waals surface area contributed by atoms with Gasteiger partial charge in [-0.05, 0) is 30.7 Å². The van der Waals surface area contributed by atoms with Crippen molar-refractivity contribution >= 4 is 29.3 Å². The van der Waals surface area contributed by atoms with Crippen LogP contribution in [0.25, 0.3) is 0 Å². The molecule has 2 aromatic carbocycles. The van der Waals surface area contributed by atoms with Gasteiger partial charge in [-0.3, -0.25) is 24.5 Å². The van der Waals surface area contributed by atoms with Crippen LogP contribution in [0.2, 0.25) is 0 Å². The molecule has 0 saturated carbocycles. The topological polar surface area (TPSA) is 90.0 Å². The summed E-state index contributed by atoms with van der Waals surface area (Å²) in [6, 6.07) is 7.55. The molecule has 1 unspecified atom stereocenters. The number of amides is 4. The Balaban J connectivity index is 1.34. The summed E-state index contributed by atoms with van der Waals surface area (Å²) in [7, 11) is 0. The number of imide groups is 1. The van der Waals surface area contributed by atoms with Gasteiger partial charge in [-0.25, -0.2) is 8.78 Å². The SMILES string of the molecule is O=C1CCC(N2Cc3c(cc(F)cc3N3CCN(C(=O)c4ccccc4F)CC3)C2=O)C(=O)N1. The molecule has 3 heterocycles. The number of nitrogens with one attached hydrogen (secondary N) is 1. The number of nitrogens with zero attached hydrogens (tertiary/aromatic N) is 3. The average Bonchev–Trinajstić information content (AvgIpc) is 3.14. The van der Waals surface area contributed by atoms with Gasteiger partial charge in [-0.1, -0.05) is 12.1 Å². The van der Waals surface area contributed by atoms with Gasteiger partial charge >= 0.3 is 0 Å². The van der Waals surface area contributed by atoms with Gasteiger partial charge in [-0.2, -0.15) is 0 Å². The molecule has 2 saturated heterocycles. The van der Waals surface area contributed by atoms with Gasteiger partial charge in [0.1, 0.15) is 17.7 Å². The van der Waals surface area contributed by atoms with E-state index in [1.807, 2.05) is 4.90 Å². The predicted octanol–water partition coefficient (Wildman–Crippen LogP) is 1.69. The van der Waals surface area contributed by atoms with Crippen molar-refractivity contribution in [2.45, 2.75) is 25.4 Å². The van der Waals surface area contributed by atoms with E-state index < -0.39 is 35.4 Å². The second-order valence-electron chi connectivity index (χ2n) is 8.61. The van der Waals surface area contributed by atoms with Gasteiger partial charge in [0, 0.05) is 56.0 Å². The molecule has 4 amide bonds. The summed E-state index contributed by atoms with van der Waals surface area (Å²) in [5.41, 5.74) is 1.36. The molecule has 8 nitrogen and oxygen atoms in total. The highest BCUT2D eigenvalue weighted by molar-refractivity contribution is 6.06. The van der Waals surface area contributed by atoms with Gasteiger partial charge in [0.05, 0.1) is 5.56 Å². The van der Waals surface area contributed by atoms with Crippen molar-refractivity contribution in [3.05, 3.63) is 64.7 Å². The first-order chi connectivity index (χ1) is 16.3. The van der Waals surface area contributed by atoms with E-state index in [0.717, 1.165) is 0 Å². The Kier molecular flexibility index (Phi) is 5.51. The number of hydrogen-bond acceptors (Lipinski definition) is 5. The maximum Gasteiger partial charge on any atom is 0.256 e. The Morgan fingerprint density at radius 2 is 1.74 bits per heavy atom. The van der Waals surface area contributed by atoms with Gasteiger partial charge in [0.2, 0.25) is 11.8 Å². The molecular formula is C24H22F2N4O4. The number of fused-ring (bicyclic) bond motifs is 1. The lowest BCUT2D eigenvalue weighted by Gasteiger charge is -2.37.